The summed E-state index contributed by atoms with van der Waals surface area (Å²) in [5.74, 6) is 0.950. The largest absolute Gasteiger partial charge is 0.494 e. The van der Waals surface area contributed by atoms with Crippen molar-refractivity contribution < 1.29 is 19.1 Å². The Bertz CT molecular complexity index is 964. The van der Waals surface area contributed by atoms with E-state index in [2.05, 4.69) is 15.5 Å². The van der Waals surface area contributed by atoms with E-state index in [1.807, 2.05) is 49.6 Å². The van der Waals surface area contributed by atoms with Crippen molar-refractivity contribution >= 4 is 12.0 Å². The fourth-order valence-electron chi connectivity index (χ4n) is 3.60. The first-order valence-electron chi connectivity index (χ1n) is 9.59. The van der Waals surface area contributed by atoms with Gasteiger partial charge in [-0.25, -0.2) is 9.59 Å². The zero-order chi connectivity index (χ0) is 20.5. The van der Waals surface area contributed by atoms with Crippen LogP contribution in [0.1, 0.15) is 44.2 Å². The highest BCUT2D eigenvalue weighted by molar-refractivity contribution is 5.97. The van der Waals surface area contributed by atoms with Crippen LogP contribution in [0, 0.1) is 0 Å². The molecule has 0 spiro atoms. The molecule has 1 aromatic heterocycles. The number of carbonyl (C=O) groups is 2. The van der Waals surface area contributed by atoms with Crippen molar-refractivity contribution in [1.29, 1.82) is 0 Å². The molecule has 9 nitrogen and oxygen atoms in total. The van der Waals surface area contributed by atoms with Gasteiger partial charge in [0, 0.05) is 6.04 Å². The van der Waals surface area contributed by atoms with E-state index in [1.165, 1.54) is 4.90 Å². The first-order valence-corrected chi connectivity index (χ1v) is 9.59. The zero-order valence-electron chi connectivity index (χ0n) is 16.6. The van der Waals surface area contributed by atoms with E-state index in [0.29, 0.717) is 23.7 Å². The highest BCUT2D eigenvalue weighted by Crippen LogP contribution is 2.36. The number of carbonyl (C=O) groups excluding carboxylic acids is 2. The number of urea groups is 1. The Morgan fingerprint density at radius 2 is 2.03 bits per heavy atom. The molecule has 9 heteroatoms. The number of benzene rings is 1. The maximum Gasteiger partial charge on any atom is 0.338 e. The second-order valence-electron chi connectivity index (χ2n) is 7.16. The van der Waals surface area contributed by atoms with Crippen LogP contribution in [0.2, 0.25) is 0 Å². The van der Waals surface area contributed by atoms with Gasteiger partial charge in [0.15, 0.2) is 5.82 Å². The van der Waals surface area contributed by atoms with Crippen LogP contribution in [0.15, 0.2) is 41.9 Å². The topological polar surface area (TPSA) is 98.6 Å². The third kappa shape index (κ3) is 3.43. The summed E-state index contributed by atoms with van der Waals surface area (Å²) >= 11 is 0. The second-order valence-corrected chi connectivity index (χ2v) is 7.16. The van der Waals surface area contributed by atoms with Gasteiger partial charge in [-0.3, -0.25) is 4.90 Å². The van der Waals surface area contributed by atoms with Crippen molar-refractivity contribution in [3.05, 3.63) is 53.3 Å². The molecule has 2 aliphatic rings. The maximum atomic E-state index is 12.9. The Balaban J connectivity index is 1.67. The zero-order valence-corrected chi connectivity index (χ0v) is 16.6. The lowest BCUT2D eigenvalue weighted by atomic mass is 9.95. The molecule has 0 radical (unpaired) electrons. The van der Waals surface area contributed by atoms with Crippen molar-refractivity contribution in [3.63, 3.8) is 0 Å². The number of nitrogens with one attached hydrogen (secondary N) is 1. The standard InChI is InChI=1S/C20H23N5O4/c1-4-28-14-7-5-13(6-8-14)18-17-15(10-29-19(17)26)24(20(27)22-18)9-16-23-21-11-25(16)12(2)3/h5-8,11-12,18H,4,9-10H2,1-3H3,(H,22,27). The van der Waals surface area contributed by atoms with Gasteiger partial charge in [-0.15, -0.1) is 10.2 Å². The monoisotopic (exact) mass is 397 g/mol. The molecule has 1 atom stereocenters. The molecule has 2 aliphatic heterocycles. The van der Waals surface area contributed by atoms with Crippen molar-refractivity contribution in [2.45, 2.75) is 39.4 Å². The number of hydrogen-bond acceptors (Lipinski definition) is 6. The molecule has 2 aromatic rings. The SMILES string of the molecule is CCOc1ccc(C2NC(=O)N(Cc3nncn3C(C)C)C3=C2C(=O)OC3)cc1. The lowest BCUT2D eigenvalue weighted by Gasteiger charge is -2.32. The van der Waals surface area contributed by atoms with E-state index in [4.69, 9.17) is 9.47 Å². The number of aromatic nitrogens is 3. The summed E-state index contributed by atoms with van der Waals surface area (Å²) in [6.45, 7) is 6.77. The second kappa shape index (κ2) is 7.57. The van der Waals surface area contributed by atoms with Crippen LogP contribution in [-0.4, -0.2) is 44.9 Å². The van der Waals surface area contributed by atoms with E-state index in [1.54, 1.807) is 6.33 Å². The third-order valence-corrected chi connectivity index (χ3v) is 5.03. The van der Waals surface area contributed by atoms with Crippen molar-refractivity contribution in [1.82, 2.24) is 25.0 Å². The van der Waals surface area contributed by atoms with Crippen LogP contribution in [0.4, 0.5) is 4.79 Å². The van der Waals surface area contributed by atoms with Crippen LogP contribution < -0.4 is 10.1 Å². The average Bonchev–Trinajstić information content (AvgIpc) is 3.32. The number of amides is 2. The molecule has 2 amide bonds. The Morgan fingerprint density at radius 3 is 2.72 bits per heavy atom. The van der Waals surface area contributed by atoms with E-state index in [0.717, 1.165) is 11.3 Å². The summed E-state index contributed by atoms with van der Waals surface area (Å²) in [5.41, 5.74) is 1.80. The van der Waals surface area contributed by atoms with Crippen molar-refractivity contribution in [2.24, 2.45) is 0 Å². The number of rotatable bonds is 6. The van der Waals surface area contributed by atoms with Crippen LogP contribution in [0.3, 0.4) is 0 Å². The minimum Gasteiger partial charge on any atom is -0.494 e. The van der Waals surface area contributed by atoms with Gasteiger partial charge in [-0.1, -0.05) is 12.1 Å². The van der Waals surface area contributed by atoms with E-state index < -0.39 is 12.0 Å². The minimum atomic E-state index is -0.567. The van der Waals surface area contributed by atoms with Gasteiger partial charge in [0.05, 0.1) is 30.5 Å². The van der Waals surface area contributed by atoms with Crippen molar-refractivity contribution in [2.75, 3.05) is 13.2 Å². The minimum absolute atomic E-state index is 0.0604. The molecule has 0 aliphatic carbocycles. The quantitative estimate of drug-likeness (QED) is 0.751. The number of esters is 1. The molecule has 1 aromatic carbocycles. The molecule has 1 unspecified atom stereocenters. The lowest BCUT2D eigenvalue weighted by Crippen LogP contribution is -2.47. The fourth-order valence-corrected chi connectivity index (χ4v) is 3.60. The van der Waals surface area contributed by atoms with Gasteiger partial charge in [-0.2, -0.15) is 0 Å². The molecule has 0 saturated carbocycles. The Morgan fingerprint density at radius 1 is 1.28 bits per heavy atom. The summed E-state index contributed by atoms with van der Waals surface area (Å²) < 4.78 is 12.6. The maximum absolute atomic E-state index is 12.9. The lowest BCUT2D eigenvalue weighted by molar-refractivity contribution is -0.136. The molecule has 29 heavy (non-hydrogen) atoms. The van der Waals surface area contributed by atoms with Crippen molar-refractivity contribution in [3.8, 4) is 5.75 Å². The molecule has 1 N–H and O–H groups in total. The van der Waals surface area contributed by atoms with Gasteiger partial charge >= 0.3 is 12.0 Å². The average molecular weight is 397 g/mol. The normalized spacial score (nSPS) is 18.8. The van der Waals surface area contributed by atoms with Gasteiger partial charge < -0.3 is 19.4 Å². The first-order chi connectivity index (χ1) is 14.0. The van der Waals surface area contributed by atoms with Crippen LogP contribution in [-0.2, 0) is 16.1 Å². The molecule has 4 rings (SSSR count). The highest BCUT2D eigenvalue weighted by atomic mass is 16.5. The molecule has 0 saturated heterocycles. The molecule has 152 valence electrons. The van der Waals surface area contributed by atoms with Gasteiger partial charge in [0.25, 0.3) is 0 Å². The number of nitrogens with zero attached hydrogens (tertiary/aromatic N) is 4. The van der Waals surface area contributed by atoms with Crippen LogP contribution >= 0.6 is 0 Å². The number of ether oxygens (including phenoxy) is 2. The predicted molar refractivity (Wildman–Crippen MR) is 103 cm³/mol. The molecule has 0 fully saturated rings. The smallest absolute Gasteiger partial charge is 0.338 e. The van der Waals surface area contributed by atoms with Gasteiger partial charge in [0.1, 0.15) is 18.7 Å². The third-order valence-electron chi connectivity index (χ3n) is 5.03. The Kier molecular flexibility index (Phi) is 4.96. The fraction of sp³-hybridized carbons (Fsp3) is 0.400. The summed E-state index contributed by atoms with van der Waals surface area (Å²) in [6, 6.07) is 6.61. The summed E-state index contributed by atoms with van der Waals surface area (Å²) in [6.07, 6.45) is 1.64. The first kappa shape index (κ1) is 19.0. The van der Waals surface area contributed by atoms with Gasteiger partial charge in [-0.05, 0) is 38.5 Å². The summed E-state index contributed by atoms with van der Waals surface area (Å²) in [5, 5.41) is 11.0. The number of hydrogen-bond donors (Lipinski definition) is 1. The molecular formula is C20H23N5O4. The number of cyclic esters (lactones) is 1. The van der Waals surface area contributed by atoms with Gasteiger partial charge in [0.2, 0.25) is 0 Å². The van der Waals surface area contributed by atoms with E-state index in [-0.39, 0.29) is 25.2 Å². The van der Waals surface area contributed by atoms with E-state index in [9.17, 15) is 9.59 Å². The molecule has 3 heterocycles. The molecular weight excluding hydrogens is 374 g/mol. The van der Waals surface area contributed by atoms with Crippen LogP contribution in [0.25, 0.3) is 0 Å². The van der Waals surface area contributed by atoms with E-state index >= 15 is 0 Å². The molecule has 0 bridgehead atoms. The summed E-state index contributed by atoms with van der Waals surface area (Å²) in [7, 11) is 0. The Labute approximate surface area is 168 Å². The summed E-state index contributed by atoms with van der Waals surface area (Å²) in [4.78, 5) is 26.9. The predicted octanol–water partition coefficient (Wildman–Crippen LogP) is 2.34. The Hall–Kier alpha value is -3.36. The highest BCUT2D eigenvalue weighted by Gasteiger charge is 2.42. The van der Waals surface area contributed by atoms with Crippen LogP contribution in [0.5, 0.6) is 5.75 Å².